The standard InChI is InChI=1S/C21H19ClN2O6S2/c22-14-2-4-15(5-3-14)28-9-20(25)23-21-24(16-10-32(26,27)11-19(16)31-21)8-13-1-6-17-18(7-13)30-12-29-17/h1-7,16,19H,8-12H2/t16-,19+/m0/s1. The third kappa shape index (κ3) is 4.53. The highest BCUT2D eigenvalue weighted by Crippen LogP contribution is 2.40. The average Bonchev–Trinajstić information content (AvgIpc) is 3.41. The number of hydrogen-bond donors (Lipinski definition) is 0. The summed E-state index contributed by atoms with van der Waals surface area (Å²) in [6.07, 6.45) is 0. The van der Waals surface area contributed by atoms with Crippen LogP contribution >= 0.6 is 23.4 Å². The number of thioether (sulfide) groups is 1. The van der Waals surface area contributed by atoms with Gasteiger partial charge in [-0.3, -0.25) is 4.79 Å². The molecule has 2 atom stereocenters. The number of halogens is 1. The van der Waals surface area contributed by atoms with Crippen molar-refractivity contribution in [2.45, 2.75) is 17.8 Å². The number of benzene rings is 2. The van der Waals surface area contributed by atoms with Gasteiger partial charge in [0.15, 0.2) is 33.1 Å². The number of ether oxygens (including phenoxy) is 3. The van der Waals surface area contributed by atoms with Crippen LogP contribution in [-0.2, 0) is 21.2 Å². The highest BCUT2D eigenvalue weighted by atomic mass is 35.5. The van der Waals surface area contributed by atoms with E-state index in [1.165, 1.54) is 11.8 Å². The molecule has 32 heavy (non-hydrogen) atoms. The first-order valence-corrected chi connectivity index (χ1v) is 13.0. The van der Waals surface area contributed by atoms with Gasteiger partial charge in [0, 0.05) is 16.8 Å². The van der Waals surface area contributed by atoms with Crippen LogP contribution in [0.4, 0.5) is 0 Å². The molecule has 0 spiro atoms. The molecule has 2 aromatic carbocycles. The van der Waals surface area contributed by atoms with Crippen molar-refractivity contribution in [1.82, 2.24) is 4.90 Å². The minimum absolute atomic E-state index is 0.0453. The Labute approximate surface area is 194 Å². The Bertz CT molecular complexity index is 1190. The maximum absolute atomic E-state index is 12.5. The van der Waals surface area contributed by atoms with Gasteiger partial charge in [-0.1, -0.05) is 29.4 Å². The molecule has 2 aromatic rings. The van der Waals surface area contributed by atoms with Crippen molar-refractivity contribution < 1.29 is 27.4 Å². The molecule has 8 nitrogen and oxygen atoms in total. The van der Waals surface area contributed by atoms with E-state index < -0.39 is 15.7 Å². The van der Waals surface area contributed by atoms with Gasteiger partial charge in [0.1, 0.15) is 5.75 Å². The van der Waals surface area contributed by atoms with Gasteiger partial charge in [-0.2, -0.15) is 4.99 Å². The van der Waals surface area contributed by atoms with Crippen LogP contribution in [0.5, 0.6) is 17.2 Å². The molecule has 3 aliphatic heterocycles. The van der Waals surface area contributed by atoms with E-state index in [1.54, 1.807) is 24.3 Å². The number of nitrogens with zero attached hydrogens (tertiary/aromatic N) is 2. The average molecular weight is 495 g/mol. The van der Waals surface area contributed by atoms with Crippen LogP contribution in [0.1, 0.15) is 5.56 Å². The molecule has 1 amide bonds. The van der Waals surface area contributed by atoms with Gasteiger partial charge in [-0.05, 0) is 42.0 Å². The number of amidine groups is 1. The second kappa shape index (κ2) is 8.49. The molecule has 2 fully saturated rings. The van der Waals surface area contributed by atoms with Crippen molar-refractivity contribution in [3.8, 4) is 17.2 Å². The predicted octanol–water partition coefficient (Wildman–Crippen LogP) is 2.74. The van der Waals surface area contributed by atoms with Crippen molar-refractivity contribution in [3.63, 3.8) is 0 Å². The molecule has 0 aliphatic carbocycles. The summed E-state index contributed by atoms with van der Waals surface area (Å²) in [6.45, 7) is 0.359. The Morgan fingerprint density at radius 1 is 1.16 bits per heavy atom. The van der Waals surface area contributed by atoms with Gasteiger partial charge in [0.05, 0.1) is 17.5 Å². The van der Waals surface area contributed by atoms with E-state index in [0.29, 0.717) is 34.0 Å². The molecular formula is C21H19ClN2O6S2. The van der Waals surface area contributed by atoms with E-state index >= 15 is 0 Å². The molecule has 2 saturated heterocycles. The van der Waals surface area contributed by atoms with E-state index in [-0.39, 0.29) is 36.2 Å². The second-order valence-corrected chi connectivity index (χ2v) is 11.4. The van der Waals surface area contributed by atoms with E-state index in [0.717, 1.165) is 5.56 Å². The third-order valence-electron chi connectivity index (χ3n) is 5.36. The maximum Gasteiger partial charge on any atom is 0.285 e. The lowest BCUT2D eigenvalue weighted by Gasteiger charge is -2.24. The number of sulfone groups is 1. The molecule has 3 aliphatic rings. The predicted molar refractivity (Wildman–Crippen MR) is 121 cm³/mol. The highest BCUT2D eigenvalue weighted by Gasteiger charge is 2.48. The van der Waals surface area contributed by atoms with Gasteiger partial charge in [-0.15, -0.1) is 0 Å². The van der Waals surface area contributed by atoms with Crippen LogP contribution in [-0.4, -0.2) is 60.6 Å². The molecule has 3 heterocycles. The van der Waals surface area contributed by atoms with Crippen LogP contribution in [0.3, 0.4) is 0 Å². The Balaban J connectivity index is 1.34. The summed E-state index contributed by atoms with van der Waals surface area (Å²) in [5.41, 5.74) is 0.914. The van der Waals surface area contributed by atoms with Crippen molar-refractivity contribution >= 4 is 44.3 Å². The molecule has 5 rings (SSSR count). The summed E-state index contributed by atoms with van der Waals surface area (Å²) in [6, 6.07) is 12.1. The van der Waals surface area contributed by atoms with Crippen LogP contribution in [0.25, 0.3) is 0 Å². The van der Waals surface area contributed by atoms with Crippen LogP contribution in [0, 0.1) is 0 Å². The molecular weight excluding hydrogens is 476 g/mol. The first-order valence-electron chi connectivity index (χ1n) is 9.88. The molecule has 0 bridgehead atoms. The quantitative estimate of drug-likeness (QED) is 0.626. The normalized spacial score (nSPS) is 24.0. The van der Waals surface area contributed by atoms with E-state index in [9.17, 15) is 13.2 Å². The fourth-order valence-corrected chi connectivity index (χ4v) is 7.97. The van der Waals surface area contributed by atoms with Gasteiger partial charge in [-0.25, -0.2) is 8.42 Å². The number of carbonyl (C=O) groups is 1. The third-order valence-corrected chi connectivity index (χ3v) is 8.86. The zero-order chi connectivity index (χ0) is 22.3. The maximum atomic E-state index is 12.5. The molecule has 0 unspecified atom stereocenters. The smallest absolute Gasteiger partial charge is 0.285 e. The lowest BCUT2D eigenvalue weighted by Crippen LogP contribution is -2.37. The molecule has 0 saturated carbocycles. The summed E-state index contributed by atoms with van der Waals surface area (Å²) in [4.78, 5) is 18.7. The SMILES string of the molecule is O=C(COc1ccc(Cl)cc1)N=C1S[C@@H]2CS(=O)(=O)C[C@@H]2N1Cc1ccc2c(c1)OCO2. The number of hydrogen-bond acceptors (Lipinski definition) is 7. The Morgan fingerprint density at radius 3 is 2.75 bits per heavy atom. The number of amides is 1. The second-order valence-electron chi connectivity index (χ2n) is 7.65. The zero-order valence-electron chi connectivity index (χ0n) is 16.8. The van der Waals surface area contributed by atoms with Crippen molar-refractivity contribution in [1.29, 1.82) is 0 Å². The zero-order valence-corrected chi connectivity index (χ0v) is 19.2. The summed E-state index contributed by atoms with van der Waals surface area (Å²) < 4.78 is 40.7. The Kier molecular flexibility index (Phi) is 5.68. The number of aliphatic imine (C=N–C) groups is 1. The van der Waals surface area contributed by atoms with Crippen LogP contribution in [0.15, 0.2) is 47.5 Å². The number of fused-ring (bicyclic) bond motifs is 2. The summed E-state index contributed by atoms with van der Waals surface area (Å²) in [7, 11) is -3.12. The van der Waals surface area contributed by atoms with Crippen LogP contribution in [0.2, 0.25) is 5.02 Å². The topological polar surface area (TPSA) is 94.5 Å². The van der Waals surface area contributed by atoms with Crippen molar-refractivity contribution in [2.24, 2.45) is 4.99 Å². The van der Waals surface area contributed by atoms with Crippen molar-refractivity contribution in [2.75, 3.05) is 24.9 Å². The minimum Gasteiger partial charge on any atom is -0.484 e. The molecule has 0 aromatic heterocycles. The Morgan fingerprint density at radius 2 is 1.94 bits per heavy atom. The molecule has 168 valence electrons. The van der Waals surface area contributed by atoms with E-state index in [4.69, 9.17) is 25.8 Å². The molecule has 0 radical (unpaired) electrons. The summed E-state index contributed by atoms with van der Waals surface area (Å²) in [5.74, 6) is 1.52. The minimum atomic E-state index is -3.12. The van der Waals surface area contributed by atoms with E-state index in [1.807, 2.05) is 23.1 Å². The highest BCUT2D eigenvalue weighted by molar-refractivity contribution is 8.15. The number of carbonyl (C=O) groups excluding carboxylic acids is 1. The molecule has 11 heteroatoms. The largest absolute Gasteiger partial charge is 0.484 e. The number of rotatable bonds is 5. The van der Waals surface area contributed by atoms with Gasteiger partial charge >= 0.3 is 0 Å². The lowest BCUT2D eigenvalue weighted by molar-refractivity contribution is -0.119. The first-order chi connectivity index (χ1) is 15.4. The van der Waals surface area contributed by atoms with E-state index in [2.05, 4.69) is 4.99 Å². The van der Waals surface area contributed by atoms with Crippen LogP contribution < -0.4 is 14.2 Å². The summed E-state index contributed by atoms with van der Waals surface area (Å²) >= 11 is 7.19. The fraction of sp³-hybridized carbons (Fsp3) is 0.333. The molecule has 0 N–H and O–H groups in total. The fourth-order valence-electron chi connectivity index (χ4n) is 3.87. The Hall–Kier alpha value is -2.43. The van der Waals surface area contributed by atoms with Gasteiger partial charge in [0.2, 0.25) is 6.79 Å². The first kappa shape index (κ1) is 21.4. The van der Waals surface area contributed by atoms with Gasteiger partial charge < -0.3 is 19.1 Å². The van der Waals surface area contributed by atoms with Gasteiger partial charge in [0.25, 0.3) is 5.91 Å². The van der Waals surface area contributed by atoms with Crippen molar-refractivity contribution in [3.05, 3.63) is 53.1 Å². The summed E-state index contributed by atoms with van der Waals surface area (Å²) in [5, 5.41) is 0.932. The monoisotopic (exact) mass is 494 g/mol. The lowest BCUT2D eigenvalue weighted by atomic mass is 10.1.